The van der Waals surface area contributed by atoms with Crippen LogP contribution in [0.3, 0.4) is 0 Å². The monoisotopic (exact) mass is 373 g/mol. The molecule has 6 nitrogen and oxygen atoms in total. The number of piperidine rings is 2. The molecule has 0 saturated carbocycles. The van der Waals surface area contributed by atoms with Crippen molar-refractivity contribution in [2.24, 2.45) is 5.73 Å². The summed E-state index contributed by atoms with van der Waals surface area (Å²) in [6.07, 6.45) is 7.82. The molecule has 0 spiro atoms. The molecule has 2 fully saturated rings. The molecule has 0 bridgehead atoms. The molecule has 0 atom stereocenters. The predicted octanol–water partition coefficient (Wildman–Crippen LogP) is 2.56. The largest absolute Gasteiger partial charge is 0.368 e. The molecule has 140 valence electrons. The maximum absolute atomic E-state index is 12.4. The Labute approximate surface area is 158 Å². The lowest BCUT2D eigenvalue weighted by atomic mass is 9.83. The van der Waals surface area contributed by atoms with Crippen LogP contribution in [0.1, 0.15) is 43.9 Å². The highest BCUT2D eigenvalue weighted by Gasteiger charge is 2.45. The normalized spacial score (nSPS) is 21.2. The fraction of sp³-hybridized carbons (Fsp3) is 0.632. The Morgan fingerprint density at radius 2 is 1.92 bits per heavy atom. The van der Waals surface area contributed by atoms with Crippen molar-refractivity contribution in [2.75, 3.05) is 31.1 Å². The second-order valence-electron chi connectivity index (χ2n) is 7.41. The molecule has 2 aromatic heterocycles. The van der Waals surface area contributed by atoms with E-state index < -0.39 is 5.54 Å². The highest BCUT2D eigenvalue weighted by Crippen LogP contribution is 2.36. The Hall–Kier alpha value is -1.73. The number of thiophene rings is 1. The third kappa shape index (κ3) is 2.97. The van der Waals surface area contributed by atoms with E-state index in [1.54, 1.807) is 17.7 Å². The summed E-state index contributed by atoms with van der Waals surface area (Å²) in [6, 6.07) is 2.22. The highest BCUT2D eigenvalue weighted by molar-refractivity contribution is 7.18. The Kier molecular flexibility index (Phi) is 4.84. The van der Waals surface area contributed by atoms with Gasteiger partial charge >= 0.3 is 0 Å². The summed E-state index contributed by atoms with van der Waals surface area (Å²) >= 11 is 1.74. The third-order valence-corrected chi connectivity index (χ3v) is 7.21. The van der Waals surface area contributed by atoms with Crippen LogP contribution < -0.4 is 10.6 Å². The second kappa shape index (κ2) is 7.12. The second-order valence-corrected chi connectivity index (χ2v) is 8.53. The van der Waals surface area contributed by atoms with Crippen LogP contribution in [-0.4, -0.2) is 52.5 Å². The summed E-state index contributed by atoms with van der Waals surface area (Å²) in [4.78, 5) is 28.5. The van der Waals surface area contributed by atoms with Crippen molar-refractivity contribution in [1.29, 1.82) is 0 Å². The first-order valence-electron chi connectivity index (χ1n) is 9.67. The van der Waals surface area contributed by atoms with E-state index in [1.165, 1.54) is 24.1 Å². The molecule has 0 aliphatic carbocycles. The molecule has 0 radical (unpaired) electrons. The fourth-order valence-electron chi connectivity index (χ4n) is 4.45. The number of fused-ring (bicyclic) bond motifs is 1. The lowest BCUT2D eigenvalue weighted by molar-refractivity contribution is -0.132. The van der Waals surface area contributed by atoms with Gasteiger partial charge in [0.1, 0.15) is 22.5 Å². The zero-order chi connectivity index (χ0) is 18.1. The first kappa shape index (κ1) is 17.7. The fourth-order valence-corrected chi connectivity index (χ4v) is 5.38. The summed E-state index contributed by atoms with van der Waals surface area (Å²) in [7, 11) is 0. The minimum atomic E-state index is -0.480. The number of anilines is 1. The number of hydrogen-bond donors (Lipinski definition) is 1. The highest BCUT2D eigenvalue weighted by atomic mass is 32.1. The quantitative estimate of drug-likeness (QED) is 0.891. The van der Waals surface area contributed by atoms with E-state index in [0.29, 0.717) is 0 Å². The minimum absolute atomic E-state index is 0.157. The Balaban J connectivity index is 1.57. The zero-order valence-corrected chi connectivity index (χ0v) is 16.2. The number of nitrogens with two attached hydrogens (primary N) is 1. The molecule has 0 aromatic carbocycles. The molecule has 4 rings (SSSR count). The van der Waals surface area contributed by atoms with Crippen LogP contribution in [0.15, 0.2) is 12.4 Å². The third-order valence-electron chi connectivity index (χ3n) is 6.02. The molecule has 2 aliphatic heterocycles. The number of amides is 1. The maximum atomic E-state index is 12.4. The van der Waals surface area contributed by atoms with Crippen LogP contribution in [0, 0.1) is 0 Å². The van der Waals surface area contributed by atoms with Gasteiger partial charge in [-0.3, -0.25) is 9.69 Å². The Bertz CT molecular complexity index is 790. The SMILES string of the molecule is CCc1cc2c(N3CCC(C(N)=O)(N4CCCCC4)CC3)ncnc2s1. The van der Waals surface area contributed by atoms with Crippen LogP contribution in [0.25, 0.3) is 10.2 Å². The molecule has 26 heavy (non-hydrogen) atoms. The number of carbonyl (C=O) groups is 1. The molecule has 2 aliphatic rings. The molecule has 2 aromatic rings. The first-order chi connectivity index (χ1) is 12.6. The van der Waals surface area contributed by atoms with Gasteiger partial charge in [0.05, 0.1) is 5.39 Å². The summed E-state index contributed by atoms with van der Waals surface area (Å²) < 4.78 is 0. The van der Waals surface area contributed by atoms with Crippen molar-refractivity contribution in [3.05, 3.63) is 17.3 Å². The van der Waals surface area contributed by atoms with Crippen molar-refractivity contribution in [1.82, 2.24) is 14.9 Å². The van der Waals surface area contributed by atoms with Gasteiger partial charge in [-0.25, -0.2) is 9.97 Å². The summed E-state index contributed by atoms with van der Waals surface area (Å²) in [5.74, 6) is 0.846. The zero-order valence-electron chi connectivity index (χ0n) is 15.4. The molecular formula is C19H27N5OS. The average Bonchev–Trinajstić information content (AvgIpc) is 3.12. The summed E-state index contributed by atoms with van der Waals surface area (Å²) in [6.45, 7) is 5.76. The number of hydrogen-bond acceptors (Lipinski definition) is 6. The Morgan fingerprint density at radius 3 is 2.58 bits per heavy atom. The maximum Gasteiger partial charge on any atom is 0.238 e. The van der Waals surface area contributed by atoms with Crippen molar-refractivity contribution >= 4 is 33.3 Å². The number of aryl methyl sites for hydroxylation is 1. The van der Waals surface area contributed by atoms with E-state index in [1.807, 2.05) is 0 Å². The summed E-state index contributed by atoms with van der Waals surface area (Å²) in [5, 5.41) is 1.14. The van der Waals surface area contributed by atoms with Gasteiger partial charge in [-0.15, -0.1) is 11.3 Å². The predicted molar refractivity (Wildman–Crippen MR) is 106 cm³/mol. The smallest absolute Gasteiger partial charge is 0.238 e. The number of carbonyl (C=O) groups excluding carboxylic acids is 1. The summed E-state index contributed by atoms with van der Waals surface area (Å²) in [5.41, 5.74) is 5.43. The van der Waals surface area contributed by atoms with Gasteiger partial charge in [0, 0.05) is 18.0 Å². The topological polar surface area (TPSA) is 75.3 Å². The number of nitrogens with zero attached hydrogens (tertiary/aromatic N) is 4. The molecular weight excluding hydrogens is 346 g/mol. The number of rotatable bonds is 4. The molecule has 2 saturated heterocycles. The number of aromatic nitrogens is 2. The van der Waals surface area contributed by atoms with Gasteiger partial charge in [-0.2, -0.15) is 0 Å². The van der Waals surface area contributed by atoms with E-state index in [4.69, 9.17) is 5.73 Å². The van der Waals surface area contributed by atoms with Crippen LogP contribution in [0.2, 0.25) is 0 Å². The minimum Gasteiger partial charge on any atom is -0.368 e. The molecule has 2 N–H and O–H groups in total. The molecule has 1 amide bonds. The number of likely N-dealkylation sites (tertiary alicyclic amines) is 1. The van der Waals surface area contributed by atoms with E-state index in [9.17, 15) is 4.79 Å². The van der Waals surface area contributed by atoms with Crippen LogP contribution in [0.5, 0.6) is 0 Å². The molecule has 0 unspecified atom stereocenters. The van der Waals surface area contributed by atoms with E-state index in [2.05, 4.69) is 32.8 Å². The van der Waals surface area contributed by atoms with Gasteiger partial charge in [-0.05, 0) is 51.3 Å². The van der Waals surface area contributed by atoms with Gasteiger partial charge in [0.25, 0.3) is 0 Å². The van der Waals surface area contributed by atoms with Gasteiger partial charge in [-0.1, -0.05) is 13.3 Å². The molecule has 4 heterocycles. The van der Waals surface area contributed by atoms with E-state index in [0.717, 1.165) is 61.5 Å². The van der Waals surface area contributed by atoms with Gasteiger partial charge < -0.3 is 10.6 Å². The lowest BCUT2D eigenvalue weighted by Crippen LogP contribution is -2.63. The van der Waals surface area contributed by atoms with Crippen LogP contribution in [-0.2, 0) is 11.2 Å². The van der Waals surface area contributed by atoms with Crippen LogP contribution >= 0.6 is 11.3 Å². The van der Waals surface area contributed by atoms with Crippen LogP contribution in [0.4, 0.5) is 5.82 Å². The molecule has 7 heteroatoms. The Morgan fingerprint density at radius 1 is 1.19 bits per heavy atom. The van der Waals surface area contributed by atoms with Crippen molar-refractivity contribution in [3.63, 3.8) is 0 Å². The van der Waals surface area contributed by atoms with Crippen molar-refractivity contribution < 1.29 is 4.79 Å². The number of primary amides is 1. The van der Waals surface area contributed by atoms with Gasteiger partial charge in [0.15, 0.2) is 0 Å². The lowest BCUT2D eigenvalue weighted by Gasteiger charge is -2.48. The van der Waals surface area contributed by atoms with E-state index in [-0.39, 0.29) is 5.91 Å². The van der Waals surface area contributed by atoms with Crippen molar-refractivity contribution in [3.8, 4) is 0 Å². The van der Waals surface area contributed by atoms with E-state index >= 15 is 0 Å². The van der Waals surface area contributed by atoms with Crippen molar-refractivity contribution in [2.45, 2.75) is 51.0 Å². The standard InChI is InChI=1S/C19H27N5OS/c1-2-14-12-15-16(21-13-22-17(15)26-14)23-10-6-19(7-11-23,18(20)25)24-8-4-3-5-9-24/h12-13H,2-11H2,1H3,(H2,20,25). The first-order valence-corrected chi connectivity index (χ1v) is 10.5. The average molecular weight is 374 g/mol. The van der Waals surface area contributed by atoms with Gasteiger partial charge in [0.2, 0.25) is 5.91 Å².